The number of benzene rings is 1. The van der Waals surface area contributed by atoms with Crippen molar-refractivity contribution < 1.29 is 19.7 Å². The second-order valence-corrected chi connectivity index (χ2v) is 5.14. The summed E-state index contributed by atoms with van der Waals surface area (Å²) in [6.45, 7) is 0.272. The maximum Gasteiger partial charge on any atom is 0.407 e. The minimum atomic E-state index is -1.26. The number of nitrogens with zero attached hydrogens (tertiary/aromatic N) is 1. The first kappa shape index (κ1) is 17.6. The fraction of sp³-hybridized carbons (Fsp3) is 0.312. The van der Waals surface area contributed by atoms with Crippen molar-refractivity contribution in [2.75, 3.05) is 6.54 Å². The molecule has 24 heavy (non-hydrogen) atoms. The van der Waals surface area contributed by atoms with Crippen LogP contribution in [0.3, 0.4) is 0 Å². The van der Waals surface area contributed by atoms with Gasteiger partial charge in [-0.05, 0) is 18.1 Å². The molecule has 2 aromatic rings. The van der Waals surface area contributed by atoms with E-state index in [2.05, 4.69) is 15.5 Å². The summed E-state index contributed by atoms with van der Waals surface area (Å²) in [4.78, 5) is 22.4. The van der Waals surface area contributed by atoms with Crippen LogP contribution >= 0.6 is 0 Å². The van der Waals surface area contributed by atoms with Gasteiger partial charge in [-0.1, -0.05) is 30.3 Å². The number of carbonyl (C=O) groups excluding carboxylic acids is 1. The summed E-state index contributed by atoms with van der Waals surface area (Å²) in [6.07, 6.45) is -2.91. The van der Waals surface area contributed by atoms with E-state index in [1.54, 1.807) is 0 Å². The fourth-order valence-corrected chi connectivity index (χ4v) is 1.97. The Labute approximate surface area is 138 Å². The molecule has 2 unspecified atom stereocenters. The van der Waals surface area contributed by atoms with Crippen LogP contribution in [-0.4, -0.2) is 39.2 Å². The number of aromatic nitrogens is 2. The van der Waals surface area contributed by atoms with Gasteiger partial charge in [-0.25, -0.2) is 9.89 Å². The fourth-order valence-electron chi connectivity index (χ4n) is 1.97. The highest BCUT2D eigenvalue weighted by Crippen LogP contribution is 2.14. The lowest BCUT2D eigenvalue weighted by atomic mass is 10.1. The topological polar surface area (TPSA) is 125 Å². The van der Waals surface area contributed by atoms with E-state index in [-0.39, 0.29) is 25.3 Å². The van der Waals surface area contributed by atoms with Crippen molar-refractivity contribution in [2.45, 2.75) is 25.2 Å². The Morgan fingerprint density at radius 3 is 2.62 bits per heavy atom. The smallest absolute Gasteiger partial charge is 0.407 e. The van der Waals surface area contributed by atoms with Gasteiger partial charge in [-0.2, -0.15) is 5.10 Å². The van der Waals surface area contributed by atoms with Gasteiger partial charge in [-0.15, -0.1) is 0 Å². The van der Waals surface area contributed by atoms with E-state index in [1.807, 2.05) is 30.3 Å². The third-order valence-corrected chi connectivity index (χ3v) is 3.29. The molecule has 0 saturated carbocycles. The van der Waals surface area contributed by atoms with E-state index in [1.165, 1.54) is 12.1 Å². The zero-order valence-electron chi connectivity index (χ0n) is 12.9. The molecule has 128 valence electrons. The molecular weight excluding hydrogens is 314 g/mol. The third kappa shape index (κ3) is 5.49. The van der Waals surface area contributed by atoms with Crippen molar-refractivity contribution in [2.24, 2.45) is 0 Å². The molecule has 1 aromatic carbocycles. The Balaban J connectivity index is 1.69. The summed E-state index contributed by atoms with van der Waals surface area (Å²) < 4.78 is 5.02. The van der Waals surface area contributed by atoms with Gasteiger partial charge in [0.1, 0.15) is 12.7 Å². The van der Waals surface area contributed by atoms with Crippen molar-refractivity contribution >= 4 is 6.09 Å². The quantitative estimate of drug-likeness (QED) is 0.584. The average molecular weight is 333 g/mol. The number of carbonyl (C=O) groups is 1. The molecule has 0 aliphatic heterocycles. The van der Waals surface area contributed by atoms with Crippen molar-refractivity contribution in [3.63, 3.8) is 0 Å². The first-order chi connectivity index (χ1) is 11.6. The zero-order chi connectivity index (χ0) is 17.4. The molecule has 0 aliphatic carbocycles. The maximum absolute atomic E-state index is 11.5. The van der Waals surface area contributed by atoms with Crippen LogP contribution in [0.15, 0.2) is 47.3 Å². The SMILES string of the molecule is O=C(NCCC(O)C(O)c1ccc(=O)[nH]n1)OCc1ccccc1. The van der Waals surface area contributed by atoms with Crippen molar-refractivity contribution in [3.8, 4) is 0 Å². The van der Waals surface area contributed by atoms with Gasteiger partial charge in [0.25, 0.3) is 5.56 Å². The molecular formula is C16H19N3O5. The number of ether oxygens (including phenoxy) is 1. The minimum absolute atomic E-state index is 0.0996. The van der Waals surface area contributed by atoms with Gasteiger partial charge >= 0.3 is 6.09 Å². The van der Waals surface area contributed by atoms with Crippen LogP contribution in [0.2, 0.25) is 0 Å². The Morgan fingerprint density at radius 1 is 1.21 bits per heavy atom. The van der Waals surface area contributed by atoms with Crippen LogP contribution in [0.4, 0.5) is 4.79 Å². The zero-order valence-corrected chi connectivity index (χ0v) is 12.9. The monoisotopic (exact) mass is 333 g/mol. The van der Waals surface area contributed by atoms with E-state index in [9.17, 15) is 19.8 Å². The highest BCUT2D eigenvalue weighted by Gasteiger charge is 2.20. The second-order valence-electron chi connectivity index (χ2n) is 5.14. The highest BCUT2D eigenvalue weighted by molar-refractivity contribution is 5.67. The number of nitrogens with one attached hydrogen (secondary N) is 2. The molecule has 4 N–H and O–H groups in total. The first-order valence-electron chi connectivity index (χ1n) is 7.42. The summed E-state index contributed by atoms with van der Waals surface area (Å²) in [5, 5.41) is 28.1. The molecule has 0 fully saturated rings. The van der Waals surface area contributed by atoms with E-state index >= 15 is 0 Å². The Kier molecular flexibility index (Phi) is 6.47. The number of H-pyrrole nitrogens is 1. The van der Waals surface area contributed by atoms with Crippen LogP contribution < -0.4 is 10.9 Å². The molecule has 2 rings (SSSR count). The van der Waals surface area contributed by atoms with Crippen LogP contribution in [0.5, 0.6) is 0 Å². The van der Waals surface area contributed by atoms with Gasteiger partial charge in [0.05, 0.1) is 11.8 Å². The summed E-state index contributed by atoms with van der Waals surface area (Å²) in [6, 6.07) is 11.8. The van der Waals surface area contributed by atoms with Crippen molar-refractivity contribution in [3.05, 3.63) is 64.1 Å². The number of alkyl carbamates (subject to hydrolysis) is 1. The van der Waals surface area contributed by atoms with Crippen molar-refractivity contribution in [1.29, 1.82) is 0 Å². The molecule has 2 atom stereocenters. The molecule has 0 aliphatic rings. The lowest BCUT2D eigenvalue weighted by Gasteiger charge is -2.17. The largest absolute Gasteiger partial charge is 0.445 e. The number of hydrogen-bond acceptors (Lipinski definition) is 6. The van der Waals surface area contributed by atoms with Crippen molar-refractivity contribution in [1.82, 2.24) is 15.5 Å². The third-order valence-electron chi connectivity index (χ3n) is 3.29. The van der Waals surface area contributed by atoms with E-state index in [0.717, 1.165) is 5.56 Å². The van der Waals surface area contributed by atoms with E-state index in [4.69, 9.17) is 4.74 Å². The molecule has 8 heteroatoms. The maximum atomic E-state index is 11.5. The van der Waals surface area contributed by atoms with Crippen LogP contribution in [0.25, 0.3) is 0 Å². The van der Waals surface area contributed by atoms with Gasteiger partial charge in [-0.3, -0.25) is 4.79 Å². The minimum Gasteiger partial charge on any atom is -0.445 e. The Morgan fingerprint density at radius 2 is 1.96 bits per heavy atom. The number of aromatic amines is 1. The molecule has 0 saturated heterocycles. The molecule has 8 nitrogen and oxygen atoms in total. The lowest BCUT2D eigenvalue weighted by molar-refractivity contribution is 0.0106. The molecule has 0 spiro atoms. The summed E-state index contributed by atoms with van der Waals surface area (Å²) in [5.41, 5.74) is 0.615. The average Bonchev–Trinajstić information content (AvgIpc) is 2.61. The number of aliphatic hydroxyl groups is 2. The predicted molar refractivity (Wildman–Crippen MR) is 85.1 cm³/mol. The highest BCUT2D eigenvalue weighted by atomic mass is 16.5. The summed E-state index contributed by atoms with van der Waals surface area (Å²) in [7, 11) is 0. The van der Waals surface area contributed by atoms with Crippen LogP contribution in [-0.2, 0) is 11.3 Å². The number of aliphatic hydroxyl groups excluding tert-OH is 2. The van der Waals surface area contributed by atoms with Gasteiger partial charge in [0, 0.05) is 12.6 Å². The van der Waals surface area contributed by atoms with Gasteiger partial charge < -0.3 is 20.3 Å². The Hall–Kier alpha value is -2.71. The molecule has 0 radical (unpaired) electrons. The number of amides is 1. The lowest BCUT2D eigenvalue weighted by Crippen LogP contribution is -2.30. The summed E-state index contributed by atoms with van der Waals surface area (Å²) in [5.74, 6) is 0. The molecule has 1 aromatic heterocycles. The van der Waals surface area contributed by atoms with Gasteiger partial charge in [0.15, 0.2) is 0 Å². The Bertz CT molecular complexity index is 684. The molecule has 0 bridgehead atoms. The number of hydrogen-bond donors (Lipinski definition) is 4. The van der Waals surface area contributed by atoms with Gasteiger partial charge in [0.2, 0.25) is 0 Å². The van der Waals surface area contributed by atoms with Crippen LogP contribution in [0, 0.1) is 0 Å². The normalized spacial score (nSPS) is 13.1. The molecule has 1 amide bonds. The first-order valence-corrected chi connectivity index (χ1v) is 7.42. The standard InChI is InChI=1S/C16H19N3O5/c20-13(15(22)12-6-7-14(21)19-18-12)8-9-17-16(23)24-10-11-4-2-1-3-5-11/h1-7,13,15,20,22H,8-10H2,(H,17,23)(H,19,21). The van der Waals surface area contributed by atoms with E-state index in [0.29, 0.717) is 0 Å². The van der Waals surface area contributed by atoms with E-state index < -0.39 is 23.9 Å². The second kappa shape index (κ2) is 8.80. The van der Waals surface area contributed by atoms with Crippen LogP contribution in [0.1, 0.15) is 23.8 Å². The number of rotatable bonds is 7. The predicted octanol–water partition coefficient (Wildman–Crippen LogP) is 0.481. The summed E-state index contributed by atoms with van der Waals surface area (Å²) >= 11 is 0. The molecule has 1 heterocycles.